The van der Waals surface area contributed by atoms with Gasteiger partial charge in [-0.2, -0.15) is 0 Å². The molecule has 3 aromatic carbocycles. The van der Waals surface area contributed by atoms with E-state index >= 15 is 0 Å². The molecule has 6 aliphatic rings. The number of fused-ring (bicyclic) bond motifs is 6. The molecule has 0 radical (unpaired) electrons. The molecule has 1 spiro atoms. The molecule has 2 aliphatic heterocycles. The number of imidazole rings is 2. The number of ether oxygens (including phenoxy) is 2. The van der Waals surface area contributed by atoms with E-state index in [1.165, 1.54) is 73.3 Å². The van der Waals surface area contributed by atoms with E-state index < -0.39 is 30.5 Å². The Hall–Kier alpha value is -5.73. The molecule has 2 saturated heterocycles. The van der Waals surface area contributed by atoms with Gasteiger partial charge >= 0.3 is 12.2 Å². The quantitative estimate of drug-likeness (QED) is 0.0815. The zero-order valence-corrected chi connectivity index (χ0v) is 40.9. The maximum atomic E-state index is 14.2. The molecule has 7 unspecified atom stereocenters. The van der Waals surface area contributed by atoms with Crippen molar-refractivity contribution in [3.63, 3.8) is 0 Å². The van der Waals surface area contributed by atoms with Gasteiger partial charge in [-0.3, -0.25) is 9.69 Å². The van der Waals surface area contributed by atoms with Gasteiger partial charge in [0.25, 0.3) is 0 Å². The van der Waals surface area contributed by atoms with Crippen LogP contribution in [0.4, 0.5) is 9.59 Å². The summed E-state index contributed by atoms with van der Waals surface area (Å²) in [6.07, 6.45) is 13.2. The van der Waals surface area contributed by atoms with E-state index in [1.807, 2.05) is 38.8 Å². The number of hydrogen-bond acceptors (Lipinski definition) is 9. The van der Waals surface area contributed by atoms with Crippen molar-refractivity contribution < 1.29 is 29.0 Å². The van der Waals surface area contributed by atoms with E-state index in [4.69, 9.17) is 19.4 Å². The largest absolute Gasteiger partial charge is 0.453 e. The number of rotatable bonds is 12. The first-order chi connectivity index (χ1) is 33.3. The van der Waals surface area contributed by atoms with Crippen LogP contribution >= 0.6 is 0 Å². The standard InChI is InChI=1S/C55H68N8O6/c1-29(2)45(60-53(66)68-5)51(64)62-36-16-13-34(23-36)47(62)49-56-28-44(59-49)32-11-9-31(10-12-32)38-18-19-39(41-27-55(26-40(38)41)21-7-8-22-55)33-15-20-42-43(25-33)58-50(57-42)48-35-14-17-37(24-35)63(48)52(65)46(30(3)4)61-54(67)69-6/h9-12,15,18-20,25,28-30,34-37,45-48,51,64H,7-8,13-14,16-17,21-24,26-27H2,1-6H3,(H,56,59)(H,57,58)(H,60,66)(H,61,67)/t34?,35?,36?,37?,45-,46?,47?,48-,51?/m0/s1. The molecule has 4 heterocycles. The van der Waals surface area contributed by atoms with Crippen molar-refractivity contribution in [1.82, 2.24) is 40.4 Å². The van der Waals surface area contributed by atoms with Gasteiger partial charge < -0.3 is 40.1 Å². The normalized spacial score (nSPS) is 25.8. The molecule has 5 N–H and O–H groups in total. The maximum Gasteiger partial charge on any atom is 0.407 e. The highest BCUT2D eigenvalue weighted by atomic mass is 16.5. The number of aliphatic hydroxyl groups is 1. The Morgan fingerprint density at radius 2 is 1.36 bits per heavy atom. The summed E-state index contributed by atoms with van der Waals surface area (Å²) in [7, 11) is 2.68. The van der Waals surface area contributed by atoms with Crippen molar-refractivity contribution in [2.24, 2.45) is 29.1 Å². The highest BCUT2D eigenvalue weighted by Gasteiger charge is 2.53. The fraction of sp³-hybridized carbons (Fsp3) is 0.545. The molecule has 2 aromatic heterocycles. The average Bonchev–Trinajstić information content (AvgIpc) is 4.22. The van der Waals surface area contributed by atoms with Crippen LogP contribution < -0.4 is 10.6 Å². The van der Waals surface area contributed by atoms with Gasteiger partial charge in [-0.25, -0.2) is 19.6 Å². The van der Waals surface area contributed by atoms with Crippen molar-refractivity contribution in [3.8, 4) is 33.5 Å². The average molecular weight is 937 g/mol. The van der Waals surface area contributed by atoms with Crippen LogP contribution in [-0.2, 0) is 27.1 Å². The summed E-state index contributed by atoms with van der Waals surface area (Å²) in [6.45, 7) is 7.92. The Morgan fingerprint density at radius 3 is 2.04 bits per heavy atom. The van der Waals surface area contributed by atoms with E-state index in [2.05, 4.69) is 80.1 Å². The van der Waals surface area contributed by atoms with Crippen LogP contribution in [0.25, 0.3) is 44.5 Å². The van der Waals surface area contributed by atoms with Gasteiger partial charge in [-0.1, -0.05) is 83.0 Å². The minimum atomic E-state index is -0.875. The zero-order valence-electron chi connectivity index (χ0n) is 40.9. The summed E-state index contributed by atoms with van der Waals surface area (Å²) >= 11 is 0. The van der Waals surface area contributed by atoms with Gasteiger partial charge in [0.15, 0.2) is 0 Å². The fourth-order valence-corrected chi connectivity index (χ4v) is 14.0. The molecule has 5 fully saturated rings. The minimum Gasteiger partial charge on any atom is -0.453 e. The Morgan fingerprint density at radius 1 is 0.739 bits per heavy atom. The smallest absolute Gasteiger partial charge is 0.407 e. The molecular formula is C55H68N8O6. The molecule has 69 heavy (non-hydrogen) atoms. The van der Waals surface area contributed by atoms with Crippen molar-refractivity contribution in [3.05, 3.63) is 83.6 Å². The van der Waals surface area contributed by atoms with Crippen LogP contribution in [0.1, 0.15) is 127 Å². The van der Waals surface area contributed by atoms with Crippen LogP contribution in [0.3, 0.4) is 0 Å². The summed E-state index contributed by atoms with van der Waals surface area (Å²) in [6, 6.07) is 19.1. The highest BCUT2D eigenvalue weighted by molar-refractivity contribution is 5.88. The Balaban J connectivity index is 0.864. The lowest BCUT2D eigenvalue weighted by molar-refractivity contribution is -0.139. The second kappa shape index (κ2) is 17.9. The Kier molecular flexibility index (Phi) is 11.9. The molecule has 9 atom stereocenters. The number of alkyl carbamates (subject to hydrolysis) is 2. The van der Waals surface area contributed by atoms with Gasteiger partial charge in [0, 0.05) is 12.1 Å². The minimum absolute atomic E-state index is 0.000739. The molecule has 3 saturated carbocycles. The number of aliphatic hydroxyl groups excluding tert-OH is 1. The lowest BCUT2D eigenvalue weighted by atomic mass is 9.82. The van der Waals surface area contributed by atoms with Gasteiger partial charge in [-0.15, -0.1) is 0 Å². The number of methoxy groups -OCH3 is 2. The molecule has 4 bridgehead atoms. The van der Waals surface area contributed by atoms with Gasteiger partial charge in [0.05, 0.1) is 55.3 Å². The van der Waals surface area contributed by atoms with Gasteiger partial charge in [0.2, 0.25) is 5.91 Å². The van der Waals surface area contributed by atoms with Crippen molar-refractivity contribution in [2.45, 2.75) is 147 Å². The predicted octanol–water partition coefficient (Wildman–Crippen LogP) is 9.60. The predicted molar refractivity (Wildman–Crippen MR) is 264 cm³/mol. The second-order valence-electron chi connectivity index (χ2n) is 22.0. The molecular weight excluding hydrogens is 869 g/mol. The molecule has 11 rings (SSSR count). The first-order valence-electron chi connectivity index (χ1n) is 25.6. The molecule has 4 aliphatic carbocycles. The Bertz CT molecular complexity index is 2760. The first-order valence-corrected chi connectivity index (χ1v) is 25.6. The third-order valence-electron chi connectivity index (χ3n) is 17.4. The van der Waals surface area contributed by atoms with Crippen LogP contribution in [0.15, 0.2) is 60.8 Å². The summed E-state index contributed by atoms with van der Waals surface area (Å²) in [4.78, 5) is 60.5. The summed E-state index contributed by atoms with van der Waals surface area (Å²) < 4.78 is 9.81. The number of H-pyrrole nitrogens is 2. The van der Waals surface area contributed by atoms with Crippen LogP contribution in [-0.4, -0.2) is 97.6 Å². The number of hydrogen-bond donors (Lipinski definition) is 5. The topological polar surface area (TPSA) is 178 Å². The van der Waals surface area contributed by atoms with E-state index in [9.17, 15) is 19.5 Å². The number of benzene rings is 3. The number of aromatic nitrogens is 4. The number of piperidine rings is 2. The third kappa shape index (κ3) is 7.99. The molecule has 14 heteroatoms. The van der Waals surface area contributed by atoms with Crippen LogP contribution in [0, 0.1) is 29.1 Å². The molecule has 3 amide bonds. The van der Waals surface area contributed by atoms with E-state index in [0.717, 1.165) is 85.3 Å². The monoisotopic (exact) mass is 937 g/mol. The van der Waals surface area contributed by atoms with E-state index in [-0.39, 0.29) is 41.9 Å². The first kappa shape index (κ1) is 45.7. The molecule has 14 nitrogen and oxygen atoms in total. The summed E-state index contributed by atoms with van der Waals surface area (Å²) in [5.41, 5.74) is 12.0. The van der Waals surface area contributed by atoms with E-state index in [0.29, 0.717) is 17.3 Å². The summed E-state index contributed by atoms with van der Waals surface area (Å²) in [5, 5.41) is 17.5. The van der Waals surface area contributed by atoms with Crippen LogP contribution in [0.2, 0.25) is 0 Å². The highest BCUT2D eigenvalue weighted by Crippen LogP contribution is 2.55. The fourth-order valence-electron chi connectivity index (χ4n) is 14.0. The second-order valence-corrected chi connectivity index (χ2v) is 22.0. The lowest BCUT2D eigenvalue weighted by Crippen LogP contribution is -2.56. The van der Waals surface area contributed by atoms with Crippen molar-refractivity contribution in [1.29, 1.82) is 0 Å². The number of nitrogens with one attached hydrogen (secondary N) is 4. The Labute approximate surface area is 404 Å². The number of nitrogens with zero attached hydrogens (tertiary/aromatic N) is 4. The summed E-state index contributed by atoms with van der Waals surface area (Å²) in [5.74, 6) is 2.19. The molecule has 5 aromatic rings. The third-order valence-corrected chi connectivity index (χ3v) is 17.4. The van der Waals surface area contributed by atoms with Gasteiger partial charge in [-0.05, 0) is 144 Å². The van der Waals surface area contributed by atoms with Crippen molar-refractivity contribution in [2.75, 3.05) is 14.2 Å². The van der Waals surface area contributed by atoms with Crippen LogP contribution in [0.5, 0.6) is 0 Å². The number of carbonyl (C=O) groups is 3. The number of amides is 3. The SMILES string of the molecule is COC(=O)NC(C(=O)N1C2CCC(C2)[C@H]1c1nc2ccc(-c3ccc(-c4ccc(-c5cnc(C6C7CCC(C7)N6C(O)[C@@H](NC(=O)OC)C(C)C)[nH]5)cc4)c4c3CC3(CCCC3)C4)cc2[nH]1)C(C)C. The number of aromatic amines is 2. The lowest BCUT2D eigenvalue weighted by Gasteiger charge is -2.41. The van der Waals surface area contributed by atoms with Gasteiger partial charge in [0.1, 0.15) is 23.9 Å². The molecule has 364 valence electrons. The zero-order chi connectivity index (χ0) is 47.9. The number of likely N-dealkylation sites (tertiary alicyclic amines) is 2. The van der Waals surface area contributed by atoms with E-state index in [1.54, 1.807) is 0 Å². The maximum absolute atomic E-state index is 14.2. The number of carbonyl (C=O) groups excluding carboxylic acids is 3. The van der Waals surface area contributed by atoms with Crippen molar-refractivity contribution >= 4 is 29.1 Å².